The Kier molecular flexibility index (Phi) is 11.5. The number of likely N-dealkylation sites (tertiary alicyclic amines) is 1. The van der Waals surface area contributed by atoms with Gasteiger partial charge in [-0.05, 0) is 33.2 Å². The summed E-state index contributed by atoms with van der Waals surface area (Å²) in [6.07, 6.45) is -9.88. The van der Waals surface area contributed by atoms with Crippen molar-refractivity contribution in [1.82, 2.24) is 9.80 Å². The summed E-state index contributed by atoms with van der Waals surface area (Å²) >= 11 is 0. The molecule has 2 saturated heterocycles. The van der Waals surface area contributed by atoms with Crippen molar-refractivity contribution in [1.29, 1.82) is 0 Å². The zero-order chi connectivity index (χ0) is 27.0. The topological polar surface area (TPSA) is 113 Å². The Bertz CT molecular complexity index is 789. The van der Waals surface area contributed by atoms with E-state index in [1.165, 1.54) is 0 Å². The number of carboxylic acid groups (broad SMARTS) is 2. The fourth-order valence-corrected chi connectivity index (χ4v) is 3.31. The minimum Gasteiger partial charge on any atom is -0.475 e. The minimum atomic E-state index is -5.08. The monoisotopic (exact) mass is 522 g/mol. The second kappa shape index (κ2) is 13.1. The van der Waals surface area contributed by atoms with Crippen LogP contribution < -0.4 is 0 Å². The number of furan rings is 1. The van der Waals surface area contributed by atoms with Crippen LogP contribution in [0.2, 0.25) is 0 Å². The molecule has 2 aliphatic heterocycles. The third-order valence-corrected chi connectivity index (χ3v) is 4.96. The number of carbonyl (C=O) groups is 2. The molecule has 1 aromatic rings. The number of alkyl halides is 6. The first kappa shape index (κ1) is 30.7. The average Bonchev–Trinajstić information content (AvgIpc) is 3.40. The van der Waals surface area contributed by atoms with Crippen molar-refractivity contribution in [2.24, 2.45) is 5.92 Å². The first-order chi connectivity index (χ1) is 16.0. The maximum absolute atomic E-state index is 10.6. The third kappa shape index (κ3) is 10.8. The number of fused-ring (bicyclic) bond motifs is 1. The number of rotatable bonds is 6. The van der Waals surface area contributed by atoms with E-state index in [2.05, 4.69) is 30.0 Å². The lowest BCUT2D eigenvalue weighted by Gasteiger charge is -2.20. The first-order valence-corrected chi connectivity index (χ1v) is 10.3. The van der Waals surface area contributed by atoms with Crippen molar-refractivity contribution in [3.05, 3.63) is 23.7 Å². The Morgan fingerprint density at radius 1 is 1.09 bits per heavy atom. The van der Waals surface area contributed by atoms with Crippen molar-refractivity contribution in [2.45, 2.75) is 38.0 Å². The van der Waals surface area contributed by atoms with Gasteiger partial charge in [0.1, 0.15) is 11.5 Å². The van der Waals surface area contributed by atoms with Crippen LogP contribution in [0.5, 0.6) is 0 Å². The second-order valence-corrected chi connectivity index (χ2v) is 8.03. The summed E-state index contributed by atoms with van der Waals surface area (Å²) in [4.78, 5) is 22.4. The van der Waals surface area contributed by atoms with Crippen molar-refractivity contribution < 1.29 is 60.0 Å². The van der Waals surface area contributed by atoms with Crippen molar-refractivity contribution >= 4 is 11.9 Å². The predicted octanol–water partition coefficient (Wildman–Crippen LogP) is 2.63. The molecule has 2 aliphatic rings. The zero-order valence-electron chi connectivity index (χ0n) is 19.2. The van der Waals surface area contributed by atoms with Crippen LogP contribution >= 0.6 is 0 Å². The van der Waals surface area contributed by atoms with Gasteiger partial charge < -0.3 is 29.0 Å². The van der Waals surface area contributed by atoms with Gasteiger partial charge in [-0.15, -0.1) is 0 Å². The number of aryl methyl sites for hydroxylation is 1. The number of likely N-dealkylation sites (N-methyl/N-ethyl adjacent to an activating group) is 1. The van der Waals surface area contributed by atoms with E-state index < -0.39 is 24.3 Å². The van der Waals surface area contributed by atoms with E-state index in [-0.39, 0.29) is 6.10 Å². The third-order valence-electron chi connectivity index (χ3n) is 4.96. The van der Waals surface area contributed by atoms with Gasteiger partial charge in [0.15, 0.2) is 0 Å². The Labute approximate surface area is 197 Å². The quantitative estimate of drug-likeness (QED) is 0.545. The molecule has 2 N–H and O–H groups in total. The van der Waals surface area contributed by atoms with E-state index in [0.717, 1.165) is 51.0 Å². The Morgan fingerprint density at radius 2 is 1.63 bits per heavy atom. The molecule has 0 unspecified atom stereocenters. The molecule has 3 rings (SSSR count). The van der Waals surface area contributed by atoms with Crippen molar-refractivity contribution in [3.8, 4) is 0 Å². The van der Waals surface area contributed by atoms with Gasteiger partial charge in [-0.1, -0.05) is 0 Å². The molecule has 0 amide bonds. The summed E-state index contributed by atoms with van der Waals surface area (Å²) in [7, 11) is 4.15. The molecular formula is C20H28F6N2O7. The molecule has 1 aromatic heterocycles. The minimum absolute atomic E-state index is 0.286. The van der Waals surface area contributed by atoms with Gasteiger partial charge in [0.25, 0.3) is 0 Å². The maximum Gasteiger partial charge on any atom is 0.490 e. The van der Waals surface area contributed by atoms with Crippen molar-refractivity contribution in [2.75, 3.05) is 47.0 Å². The molecule has 9 nitrogen and oxygen atoms in total. The molecule has 0 spiro atoms. The van der Waals surface area contributed by atoms with E-state index >= 15 is 0 Å². The highest BCUT2D eigenvalue weighted by Gasteiger charge is 2.46. The Morgan fingerprint density at radius 3 is 2.06 bits per heavy atom. The molecule has 3 heterocycles. The van der Waals surface area contributed by atoms with Crippen LogP contribution in [0.15, 0.2) is 16.5 Å². The molecule has 0 saturated carbocycles. The fraction of sp³-hybridized carbons (Fsp3) is 0.700. The summed E-state index contributed by atoms with van der Waals surface area (Å²) in [5.74, 6) is -3.00. The lowest BCUT2D eigenvalue weighted by molar-refractivity contribution is -0.193. The standard InChI is InChI=1S/C16H26N2O3.2C2HF3O2/c1-12-4-5-13(21-12)8-18-9-16(20-7-6-17(2)3)14-10-19-11-15(14)18;2*3-2(4,5)1(6)7/h4-5,14-16H,6-11H2,1-3H3;2*(H,6,7)/t14-,15+,16-;;/m0../s1. The highest BCUT2D eigenvalue weighted by Crippen LogP contribution is 2.33. The number of nitrogens with zero attached hydrogens (tertiary/aromatic N) is 2. The van der Waals surface area contributed by atoms with E-state index in [1.807, 2.05) is 13.0 Å². The van der Waals surface area contributed by atoms with E-state index in [4.69, 9.17) is 33.7 Å². The Hall–Kier alpha value is -2.36. The molecule has 0 aromatic carbocycles. The van der Waals surface area contributed by atoms with Gasteiger partial charge in [0.2, 0.25) is 0 Å². The molecule has 0 bridgehead atoms. The van der Waals surface area contributed by atoms with E-state index in [1.54, 1.807) is 0 Å². The lowest BCUT2D eigenvalue weighted by atomic mass is 10.0. The van der Waals surface area contributed by atoms with Gasteiger partial charge in [-0.3, -0.25) is 4.90 Å². The SMILES string of the molecule is Cc1ccc(CN2C[C@H](OCCN(C)C)[C@H]3COC[C@H]32)o1.O=C(O)C(F)(F)F.O=C(O)C(F)(F)F. The molecule has 15 heteroatoms. The van der Waals surface area contributed by atoms with Gasteiger partial charge in [0.05, 0.1) is 32.5 Å². The van der Waals surface area contributed by atoms with Crippen LogP contribution in [0.25, 0.3) is 0 Å². The number of aliphatic carboxylic acids is 2. The Balaban J connectivity index is 0.000000362. The fourth-order valence-electron chi connectivity index (χ4n) is 3.31. The zero-order valence-corrected chi connectivity index (χ0v) is 19.2. The van der Waals surface area contributed by atoms with Crippen molar-refractivity contribution in [3.63, 3.8) is 0 Å². The maximum atomic E-state index is 10.6. The molecule has 3 atom stereocenters. The molecule has 0 radical (unpaired) electrons. The summed E-state index contributed by atoms with van der Waals surface area (Å²) in [5.41, 5.74) is 0. The summed E-state index contributed by atoms with van der Waals surface area (Å²) in [6.45, 7) is 7.21. The van der Waals surface area contributed by atoms with Gasteiger partial charge >= 0.3 is 24.3 Å². The number of hydrogen-bond acceptors (Lipinski definition) is 7. The van der Waals surface area contributed by atoms with Crippen LogP contribution in [0.3, 0.4) is 0 Å². The number of hydrogen-bond donors (Lipinski definition) is 2. The van der Waals surface area contributed by atoms with Crippen LogP contribution in [0, 0.1) is 12.8 Å². The van der Waals surface area contributed by atoms with Gasteiger partial charge in [-0.25, -0.2) is 9.59 Å². The highest BCUT2D eigenvalue weighted by molar-refractivity contribution is 5.73. The molecule has 0 aliphatic carbocycles. The largest absolute Gasteiger partial charge is 0.490 e. The summed E-state index contributed by atoms with van der Waals surface area (Å²) < 4.78 is 81.0. The second-order valence-electron chi connectivity index (χ2n) is 8.03. The lowest BCUT2D eigenvalue weighted by Crippen LogP contribution is -2.32. The van der Waals surface area contributed by atoms with Crippen LogP contribution in [-0.2, 0) is 25.6 Å². The normalized spacial score (nSPS) is 22.2. The van der Waals surface area contributed by atoms with Gasteiger partial charge in [0, 0.05) is 25.0 Å². The van der Waals surface area contributed by atoms with E-state index in [0.29, 0.717) is 12.0 Å². The molecule has 35 heavy (non-hydrogen) atoms. The number of ether oxygens (including phenoxy) is 2. The predicted molar refractivity (Wildman–Crippen MR) is 108 cm³/mol. The van der Waals surface area contributed by atoms with Gasteiger partial charge in [-0.2, -0.15) is 26.3 Å². The molecular weight excluding hydrogens is 494 g/mol. The van der Waals surface area contributed by atoms with Crippen LogP contribution in [-0.4, -0.2) is 103 Å². The highest BCUT2D eigenvalue weighted by atomic mass is 19.4. The summed E-state index contributed by atoms with van der Waals surface area (Å²) in [6, 6.07) is 4.57. The first-order valence-electron chi connectivity index (χ1n) is 10.3. The van der Waals surface area contributed by atoms with Crippen LogP contribution in [0.4, 0.5) is 26.3 Å². The molecule has 2 fully saturated rings. The average molecular weight is 522 g/mol. The summed E-state index contributed by atoms with van der Waals surface area (Å²) in [5, 5.41) is 14.2. The number of carboxylic acids is 2. The number of halogens is 6. The molecule has 202 valence electrons. The van der Waals surface area contributed by atoms with Crippen LogP contribution in [0.1, 0.15) is 11.5 Å². The smallest absolute Gasteiger partial charge is 0.475 e. The van der Waals surface area contributed by atoms with E-state index in [9.17, 15) is 26.3 Å².